The number of anilines is 1. The molecule has 4 aromatic rings. The maximum absolute atomic E-state index is 13.8. The first-order valence-electron chi connectivity index (χ1n) is 12.3. The van der Waals surface area contributed by atoms with Gasteiger partial charge in [-0.1, -0.05) is 48.5 Å². The summed E-state index contributed by atoms with van der Waals surface area (Å²) in [4.78, 5) is 45.3. The van der Waals surface area contributed by atoms with Crippen molar-refractivity contribution < 1.29 is 24.6 Å². The Balaban J connectivity index is 1.36. The quantitative estimate of drug-likeness (QED) is 0.365. The van der Waals surface area contributed by atoms with Crippen LogP contribution in [0.25, 0.3) is 21.8 Å². The molecule has 3 aromatic carbocycles. The van der Waals surface area contributed by atoms with Crippen LogP contribution in [-0.2, 0) is 9.59 Å². The Labute approximate surface area is 213 Å². The van der Waals surface area contributed by atoms with Gasteiger partial charge in [0.1, 0.15) is 0 Å². The van der Waals surface area contributed by atoms with Crippen molar-refractivity contribution in [1.29, 1.82) is 0 Å². The van der Waals surface area contributed by atoms with Gasteiger partial charge in [-0.15, -0.1) is 0 Å². The van der Waals surface area contributed by atoms with Gasteiger partial charge in [0.15, 0.2) is 0 Å². The first-order valence-corrected chi connectivity index (χ1v) is 12.3. The Morgan fingerprint density at radius 3 is 2.03 bits per heavy atom. The molecule has 0 bridgehead atoms. The zero-order chi connectivity index (χ0) is 25.9. The van der Waals surface area contributed by atoms with E-state index in [0.717, 1.165) is 27.5 Å². The van der Waals surface area contributed by atoms with Gasteiger partial charge in [0.25, 0.3) is 5.91 Å². The highest BCUT2D eigenvalue weighted by Gasteiger charge is 2.27. The van der Waals surface area contributed by atoms with Crippen LogP contribution in [0.15, 0.2) is 72.8 Å². The van der Waals surface area contributed by atoms with Crippen LogP contribution >= 0.6 is 0 Å². The minimum absolute atomic E-state index is 0.0252. The number of amides is 1. The average Bonchev–Trinajstić information content (AvgIpc) is 2.91. The minimum atomic E-state index is -1.04. The van der Waals surface area contributed by atoms with E-state index in [1.165, 1.54) is 0 Å². The Hall–Kier alpha value is -4.46. The standard InChI is InChI=1S/C29H27N3O5/c33-26(34)13-12-21(29(36)37)19-6-5-7-20(18-19)31-14-16-32(17-15-31)28(35)27-22-8-1-3-10-24(22)30-25-11-4-2-9-23(25)27/h1-11,18,21H,12-17H2,(H,33,34)(H,36,37). The number of carbonyl (C=O) groups is 3. The van der Waals surface area contributed by atoms with Gasteiger partial charge >= 0.3 is 11.9 Å². The number of pyridine rings is 1. The van der Waals surface area contributed by atoms with Crippen molar-refractivity contribution >= 4 is 45.3 Å². The number of rotatable bonds is 7. The van der Waals surface area contributed by atoms with E-state index in [1.54, 1.807) is 12.1 Å². The number of hydrogen-bond donors (Lipinski definition) is 2. The summed E-state index contributed by atoms with van der Waals surface area (Å²) in [5.74, 6) is -2.96. The molecule has 1 unspecified atom stereocenters. The van der Waals surface area contributed by atoms with Crippen molar-refractivity contribution in [3.8, 4) is 0 Å². The normalized spacial score (nSPS) is 14.6. The van der Waals surface area contributed by atoms with E-state index >= 15 is 0 Å². The smallest absolute Gasteiger partial charge is 0.310 e. The molecule has 5 rings (SSSR count). The van der Waals surface area contributed by atoms with Crippen molar-refractivity contribution in [2.24, 2.45) is 0 Å². The average molecular weight is 498 g/mol. The van der Waals surface area contributed by atoms with Crippen LogP contribution in [-0.4, -0.2) is 64.1 Å². The number of fused-ring (bicyclic) bond motifs is 2. The Kier molecular flexibility index (Phi) is 6.72. The van der Waals surface area contributed by atoms with Crippen molar-refractivity contribution in [3.63, 3.8) is 0 Å². The van der Waals surface area contributed by atoms with Crippen molar-refractivity contribution in [2.45, 2.75) is 18.8 Å². The van der Waals surface area contributed by atoms with Gasteiger partial charge in [0, 0.05) is 49.1 Å². The molecule has 0 radical (unpaired) electrons. The van der Waals surface area contributed by atoms with Gasteiger partial charge in [-0.25, -0.2) is 4.98 Å². The predicted octanol–water partition coefficient (Wildman–Crippen LogP) is 4.38. The second-order valence-electron chi connectivity index (χ2n) is 9.22. The summed E-state index contributed by atoms with van der Waals surface area (Å²) in [7, 11) is 0. The van der Waals surface area contributed by atoms with E-state index in [-0.39, 0.29) is 18.7 Å². The van der Waals surface area contributed by atoms with E-state index in [1.807, 2.05) is 65.6 Å². The van der Waals surface area contributed by atoms with Crippen LogP contribution in [0.5, 0.6) is 0 Å². The largest absolute Gasteiger partial charge is 0.481 e. The molecular formula is C29H27N3O5. The third kappa shape index (κ3) is 4.95. The number of nitrogens with zero attached hydrogens (tertiary/aromatic N) is 3. The number of hydrogen-bond acceptors (Lipinski definition) is 5. The lowest BCUT2D eigenvalue weighted by molar-refractivity contribution is -0.140. The van der Waals surface area contributed by atoms with Crippen LogP contribution in [0, 0.1) is 0 Å². The van der Waals surface area contributed by atoms with E-state index in [2.05, 4.69) is 4.90 Å². The van der Waals surface area contributed by atoms with Gasteiger partial charge in [0.05, 0.1) is 22.5 Å². The molecule has 1 aromatic heterocycles. The molecule has 37 heavy (non-hydrogen) atoms. The van der Waals surface area contributed by atoms with Crippen LogP contribution < -0.4 is 4.90 Å². The number of aromatic nitrogens is 1. The summed E-state index contributed by atoms with van der Waals surface area (Å²) in [5, 5.41) is 20.3. The molecule has 2 heterocycles. The number of carbonyl (C=O) groups excluding carboxylic acids is 1. The molecule has 188 valence electrons. The van der Waals surface area contributed by atoms with Gasteiger partial charge in [0.2, 0.25) is 0 Å². The van der Waals surface area contributed by atoms with Crippen molar-refractivity contribution in [2.75, 3.05) is 31.1 Å². The van der Waals surface area contributed by atoms with E-state index in [0.29, 0.717) is 37.3 Å². The zero-order valence-corrected chi connectivity index (χ0v) is 20.2. The molecule has 0 saturated carbocycles. The summed E-state index contributed by atoms with van der Waals surface area (Å²) in [6.07, 6.45) is -0.176. The highest BCUT2D eigenvalue weighted by Crippen LogP contribution is 2.29. The molecule has 1 atom stereocenters. The SMILES string of the molecule is O=C(O)CCC(C(=O)O)c1cccc(N2CCN(C(=O)c3c4ccccc4nc4ccccc34)CC2)c1. The Morgan fingerprint density at radius 1 is 0.811 bits per heavy atom. The van der Waals surface area contributed by atoms with Gasteiger partial charge in [-0.3, -0.25) is 14.4 Å². The van der Waals surface area contributed by atoms with Gasteiger partial charge < -0.3 is 20.0 Å². The van der Waals surface area contributed by atoms with Crippen molar-refractivity contribution in [1.82, 2.24) is 9.88 Å². The molecule has 2 N–H and O–H groups in total. The maximum atomic E-state index is 13.8. The summed E-state index contributed by atoms with van der Waals surface area (Å²) >= 11 is 0. The topological polar surface area (TPSA) is 111 Å². The summed E-state index contributed by atoms with van der Waals surface area (Å²) in [5.41, 5.74) is 3.69. The predicted molar refractivity (Wildman–Crippen MR) is 141 cm³/mol. The van der Waals surface area contributed by atoms with Crippen molar-refractivity contribution in [3.05, 3.63) is 83.9 Å². The van der Waals surface area contributed by atoms with E-state index in [4.69, 9.17) is 10.1 Å². The van der Waals surface area contributed by atoms with Gasteiger partial charge in [-0.2, -0.15) is 0 Å². The minimum Gasteiger partial charge on any atom is -0.481 e. The molecule has 0 aliphatic carbocycles. The summed E-state index contributed by atoms with van der Waals surface area (Å²) < 4.78 is 0. The summed E-state index contributed by atoms with van der Waals surface area (Å²) in [6.45, 7) is 2.25. The molecule has 1 aliphatic rings. The fraction of sp³-hybridized carbons (Fsp3) is 0.241. The first kappa shape index (κ1) is 24.2. The van der Waals surface area contributed by atoms with E-state index < -0.39 is 17.9 Å². The lowest BCUT2D eigenvalue weighted by atomic mass is 9.93. The first-order chi connectivity index (χ1) is 17.9. The highest BCUT2D eigenvalue weighted by molar-refractivity contribution is 6.16. The third-order valence-corrected chi connectivity index (χ3v) is 6.95. The highest BCUT2D eigenvalue weighted by atomic mass is 16.4. The third-order valence-electron chi connectivity index (χ3n) is 6.95. The second kappa shape index (κ2) is 10.3. The maximum Gasteiger partial charge on any atom is 0.310 e. The second-order valence-corrected chi connectivity index (χ2v) is 9.22. The monoisotopic (exact) mass is 497 g/mol. The molecular weight excluding hydrogens is 470 g/mol. The van der Waals surface area contributed by atoms with Crippen LogP contribution in [0.4, 0.5) is 5.69 Å². The zero-order valence-electron chi connectivity index (χ0n) is 20.2. The number of para-hydroxylation sites is 2. The van der Waals surface area contributed by atoms with E-state index in [9.17, 15) is 19.5 Å². The molecule has 1 amide bonds. The summed E-state index contributed by atoms with van der Waals surface area (Å²) in [6, 6.07) is 22.7. The molecule has 1 aliphatic heterocycles. The van der Waals surface area contributed by atoms with Crippen LogP contribution in [0.1, 0.15) is 34.7 Å². The number of benzene rings is 3. The number of piperazine rings is 1. The number of carboxylic acid groups (broad SMARTS) is 2. The number of carboxylic acids is 2. The molecule has 1 fully saturated rings. The Bertz CT molecular complexity index is 1440. The fourth-order valence-electron chi connectivity index (χ4n) is 5.03. The Morgan fingerprint density at radius 2 is 1.43 bits per heavy atom. The molecule has 0 spiro atoms. The van der Waals surface area contributed by atoms with Crippen LogP contribution in [0.3, 0.4) is 0 Å². The lowest BCUT2D eigenvalue weighted by Gasteiger charge is -2.36. The molecule has 8 nitrogen and oxygen atoms in total. The van der Waals surface area contributed by atoms with Gasteiger partial charge in [-0.05, 0) is 36.2 Å². The number of aliphatic carboxylic acids is 2. The molecule has 1 saturated heterocycles. The lowest BCUT2D eigenvalue weighted by Crippen LogP contribution is -2.49. The molecule has 8 heteroatoms. The fourth-order valence-corrected chi connectivity index (χ4v) is 5.03. The van der Waals surface area contributed by atoms with Crippen LogP contribution in [0.2, 0.25) is 0 Å².